The molecule has 1 rings (SSSR count). The van der Waals surface area contributed by atoms with Crippen LogP contribution in [0.25, 0.3) is 0 Å². The fourth-order valence-corrected chi connectivity index (χ4v) is 1.14. The Morgan fingerprint density at radius 2 is 2.50 bits per heavy atom. The third-order valence-electron chi connectivity index (χ3n) is 1.61. The first-order valence-electron chi connectivity index (χ1n) is 3.20. The SMILES string of the molecule is [CH]C1CCC=C(C)C1. The number of hydrogen-bond donors (Lipinski definition) is 0. The Balaban J connectivity index is 2.45. The summed E-state index contributed by atoms with van der Waals surface area (Å²) in [6.07, 6.45) is 5.76. The summed E-state index contributed by atoms with van der Waals surface area (Å²) in [5.41, 5.74) is 1.46. The Morgan fingerprint density at radius 1 is 1.75 bits per heavy atom. The Morgan fingerprint density at radius 3 is 2.88 bits per heavy atom. The zero-order valence-electron chi connectivity index (χ0n) is 5.35. The molecule has 1 unspecified atom stereocenters. The molecular formula is C8H12. The molecule has 0 heterocycles. The first-order valence-corrected chi connectivity index (χ1v) is 3.20. The van der Waals surface area contributed by atoms with Crippen LogP contribution in [0.1, 0.15) is 26.2 Å². The van der Waals surface area contributed by atoms with Crippen molar-refractivity contribution in [3.8, 4) is 0 Å². The van der Waals surface area contributed by atoms with Crippen LogP contribution in [0.3, 0.4) is 0 Å². The lowest BCUT2D eigenvalue weighted by atomic mass is 9.91. The van der Waals surface area contributed by atoms with Gasteiger partial charge in [-0.25, -0.2) is 0 Å². The van der Waals surface area contributed by atoms with Gasteiger partial charge in [0.25, 0.3) is 0 Å². The first-order chi connectivity index (χ1) is 3.79. The average Bonchev–Trinajstić information content (AvgIpc) is 1.64. The molecule has 44 valence electrons. The van der Waals surface area contributed by atoms with E-state index in [1.165, 1.54) is 18.4 Å². The van der Waals surface area contributed by atoms with Gasteiger partial charge in [-0.3, -0.25) is 0 Å². The smallest absolute Gasteiger partial charge is 0.0292 e. The maximum absolute atomic E-state index is 5.68. The molecule has 0 spiro atoms. The van der Waals surface area contributed by atoms with E-state index in [1.807, 2.05) is 0 Å². The number of rotatable bonds is 0. The second kappa shape index (κ2) is 2.34. The zero-order chi connectivity index (χ0) is 5.98. The van der Waals surface area contributed by atoms with Crippen LogP contribution in [0, 0.1) is 12.8 Å². The molecule has 0 aromatic carbocycles. The molecule has 1 atom stereocenters. The molecule has 0 aromatic heterocycles. The van der Waals surface area contributed by atoms with Crippen molar-refractivity contribution in [1.29, 1.82) is 0 Å². The second-order valence-corrected chi connectivity index (χ2v) is 2.59. The Kier molecular flexibility index (Phi) is 1.72. The van der Waals surface area contributed by atoms with E-state index in [4.69, 9.17) is 6.92 Å². The first kappa shape index (κ1) is 5.87. The Hall–Kier alpha value is -0.260. The highest BCUT2D eigenvalue weighted by Crippen LogP contribution is 2.21. The molecule has 0 saturated heterocycles. The molecule has 0 N–H and O–H groups in total. The van der Waals surface area contributed by atoms with Gasteiger partial charge >= 0.3 is 0 Å². The van der Waals surface area contributed by atoms with Crippen LogP contribution in [0.15, 0.2) is 11.6 Å². The maximum atomic E-state index is 5.68. The summed E-state index contributed by atoms with van der Waals surface area (Å²) in [6.45, 7) is 7.84. The Labute approximate surface area is 51.6 Å². The predicted molar refractivity (Wildman–Crippen MR) is 35.4 cm³/mol. The van der Waals surface area contributed by atoms with E-state index in [0.29, 0.717) is 5.92 Å². The van der Waals surface area contributed by atoms with Crippen molar-refractivity contribution in [2.24, 2.45) is 5.92 Å². The molecule has 0 saturated carbocycles. The van der Waals surface area contributed by atoms with E-state index in [-0.39, 0.29) is 0 Å². The third kappa shape index (κ3) is 1.36. The lowest BCUT2D eigenvalue weighted by Crippen LogP contribution is -1.99. The van der Waals surface area contributed by atoms with Crippen LogP contribution in [0.4, 0.5) is 0 Å². The summed E-state index contributed by atoms with van der Waals surface area (Å²) >= 11 is 0. The highest BCUT2D eigenvalue weighted by molar-refractivity contribution is 5.03. The summed E-state index contributed by atoms with van der Waals surface area (Å²) in [6, 6.07) is 0. The molecule has 0 heteroatoms. The van der Waals surface area contributed by atoms with Gasteiger partial charge in [0, 0.05) is 0 Å². The van der Waals surface area contributed by atoms with Crippen molar-refractivity contribution in [1.82, 2.24) is 0 Å². The van der Waals surface area contributed by atoms with Crippen LogP contribution in [-0.4, -0.2) is 0 Å². The van der Waals surface area contributed by atoms with Crippen molar-refractivity contribution >= 4 is 0 Å². The van der Waals surface area contributed by atoms with Gasteiger partial charge in [-0.1, -0.05) is 11.6 Å². The highest BCUT2D eigenvalue weighted by Gasteiger charge is 2.06. The van der Waals surface area contributed by atoms with Crippen LogP contribution in [0.5, 0.6) is 0 Å². The normalized spacial score (nSPS) is 29.8. The predicted octanol–water partition coefficient (Wildman–Crippen LogP) is 2.44. The summed E-state index contributed by atoms with van der Waals surface area (Å²) in [5.74, 6) is 0.444. The minimum absolute atomic E-state index is 0.444. The van der Waals surface area contributed by atoms with E-state index < -0.39 is 0 Å². The van der Waals surface area contributed by atoms with Gasteiger partial charge in [-0.2, -0.15) is 0 Å². The van der Waals surface area contributed by atoms with Crippen LogP contribution < -0.4 is 0 Å². The maximum Gasteiger partial charge on any atom is -0.0292 e. The van der Waals surface area contributed by atoms with Gasteiger partial charge in [-0.15, -0.1) is 0 Å². The molecule has 2 radical (unpaired) electrons. The summed E-state index contributed by atoms with van der Waals surface area (Å²) in [4.78, 5) is 0. The molecule has 0 fully saturated rings. The average molecular weight is 108 g/mol. The minimum Gasteiger partial charge on any atom is -0.0856 e. The van der Waals surface area contributed by atoms with Gasteiger partial charge in [-0.05, 0) is 39.0 Å². The molecule has 0 bridgehead atoms. The fraction of sp³-hybridized carbons (Fsp3) is 0.625. The van der Waals surface area contributed by atoms with Crippen LogP contribution in [-0.2, 0) is 0 Å². The molecule has 1 aliphatic rings. The number of hydrogen-bond acceptors (Lipinski definition) is 0. The third-order valence-corrected chi connectivity index (χ3v) is 1.61. The molecule has 8 heavy (non-hydrogen) atoms. The van der Waals surface area contributed by atoms with Crippen molar-refractivity contribution in [3.63, 3.8) is 0 Å². The Bertz CT molecular complexity index is 101. The second-order valence-electron chi connectivity index (χ2n) is 2.59. The molecule has 0 aromatic rings. The largest absolute Gasteiger partial charge is 0.0856 e. The summed E-state index contributed by atoms with van der Waals surface area (Å²) in [7, 11) is 0. The van der Waals surface area contributed by atoms with E-state index >= 15 is 0 Å². The van der Waals surface area contributed by atoms with Gasteiger partial charge in [0.1, 0.15) is 0 Å². The van der Waals surface area contributed by atoms with E-state index in [2.05, 4.69) is 13.0 Å². The van der Waals surface area contributed by atoms with Crippen molar-refractivity contribution in [2.45, 2.75) is 26.2 Å². The van der Waals surface area contributed by atoms with E-state index in [9.17, 15) is 0 Å². The van der Waals surface area contributed by atoms with Gasteiger partial charge in [0.05, 0.1) is 0 Å². The topological polar surface area (TPSA) is 0 Å². The molecule has 0 amide bonds. The van der Waals surface area contributed by atoms with Gasteiger partial charge in [0.2, 0.25) is 0 Å². The monoisotopic (exact) mass is 108 g/mol. The van der Waals surface area contributed by atoms with Crippen molar-refractivity contribution in [2.75, 3.05) is 0 Å². The molecule has 0 aliphatic heterocycles. The van der Waals surface area contributed by atoms with Crippen LogP contribution >= 0.6 is 0 Å². The minimum atomic E-state index is 0.444. The lowest BCUT2D eigenvalue weighted by molar-refractivity contribution is 0.560. The van der Waals surface area contributed by atoms with Crippen molar-refractivity contribution in [3.05, 3.63) is 18.6 Å². The van der Waals surface area contributed by atoms with Crippen LogP contribution in [0.2, 0.25) is 0 Å². The number of allylic oxidation sites excluding steroid dienone is 2. The molecular weight excluding hydrogens is 96.1 g/mol. The van der Waals surface area contributed by atoms with Gasteiger partial charge in [0.15, 0.2) is 0 Å². The fourth-order valence-electron chi connectivity index (χ4n) is 1.14. The van der Waals surface area contributed by atoms with Gasteiger partial charge < -0.3 is 0 Å². The summed E-state index contributed by atoms with van der Waals surface area (Å²) in [5, 5.41) is 0. The standard InChI is InChI=1S/C8H12/c1-7-4-3-5-8(2)6-7/h1,5,7H,3-4,6H2,2H3. The quantitative estimate of drug-likeness (QED) is 0.418. The van der Waals surface area contributed by atoms with Crippen molar-refractivity contribution < 1.29 is 0 Å². The molecule has 1 aliphatic carbocycles. The van der Waals surface area contributed by atoms with E-state index in [1.54, 1.807) is 0 Å². The van der Waals surface area contributed by atoms with E-state index in [0.717, 1.165) is 6.42 Å². The molecule has 0 nitrogen and oxygen atoms in total. The summed E-state index contributed by atoms with van der Waals surface area (Å²) < 4.78 is 0. The zero-order valence-corrected chi connectivity index (χ0v) is 5.35. The highest BCUT2D eigenvalue weighted by atomic mass is 14.1. The lowest BCUT2D eigenvalue weighted by Gasteiger charge is -2.14.